The zero-order valence-electron chi connectivity index (χ0n) is 8.32. The Labute approximate surface area is 82.9 Å². The molecular formula is C10H13N3O. The van der Waals surface area contributed by atoms with Crippen LogP contribution in [0.3, 0.4) is 0 Å². The lowest BCUT2D eigenvalue weighted by molar-refractivity contribution is 0.252. The number of urea groups is 1. The molecule has 0 spiro atoms. The summed E-state index contributed by atoms with van der Waals surface area (Å²) in [6, 6.07) is 3.99. The number of hydrogen-bond acceptors (Lipinski definition) is 2. The van der Waals surface area contributed by atoms with E-state index < -0.39 is 0 Å². The SMILES string of the molecule is Cc1ccc(N2C(=O)NC[C@H]2C)cn1. The molecule has 1 aliphatic heterocycles. The monoisotopic (exact) mass is 191 g/mol. The van der Waals surface area contributed by atoms with Crippen molar-refractivity contribution in [3.05, 3.63) is 24.0 Å². The number of amides is 2. The lowest BCUT2D eigenvalue weighted by Gasteiger charge is -2.19. The summed E-state index contributed by atoms with van der Waals surface area (Å²) in [6.45, 7) is 4.64. The molecule has 4 nitrogen and oxygen atoms in total. The Morgan fingerprint density at radius 1 is 1.57 bits per heavy atom. The summed E-state index contributed by atoms with van der Waals surface area (Å²) in [5.41, 5.74) is 1.82. The Bertz CT molecular complexity index is 347. The first-order valence-electron chi connectivity index (χ1n) is 4.68. The quantitative estimate of drug-likeness (QED) is 0.727. The predicted molar refractivity (Wildman–Crippen MR) is 54.3 cm³/mol. The van der Waals surface area contributed by atoms with Crippen LogP contribution in [0.1, 0.15) is 12.6 Å². The molecule has 0 unspecified atom stereocenters. The second kappa shape index (κ2) is 3.29. The number of aromatic nitrogens is 1. The van der Waals surface area contributed by atoms with Gasteiger partial charge < -0.3 is 5.32 Å². The van der Waals surface area contributed by atoms with E-state index in [1.807, 2.05) is 26.0 Å². The Kier molecular flexibility index (Phi) is 2.11. The molecular weight excluding hydrogens is 178 g/mol. The van der Waals surface area contributed by atoms with E-state index in [0.717, 1.165) is 11.4 Å². The molecule has 1 fully saturated rings. The van der Waals surface area contributed by atoms with E-state index >= 15 is 0 Å². The van der Waals surface area contributed by atoms with Gasteiger partial charge in [-0.25, -0.2) is 4.79 Å². The average Bonchev–Trinajstić information content (AvgIpc) is 2.49. The van der Waals surface area contributed by atoms with Crippen LogP contribution in [0.25, 0.3) is 0 Å². The molecule has 1 aliphatic rings. The molecule has 0 radical (unpaired) electrons. The van der Waals surface area contributed by atoms with Gasteiger partial charge in [-0.2, -0.15) is 0 Å². The van der Waals surface area contributed by atoms with Gasteiger partial charge in [0.1, 0.15) is 0 Å². The fourth-order valence-electron chi connectivity index (χ4n) is 1.59. The minimum atomic E-state index is -0.0387. The zero-order valence-corrected chi connectivity index (χ0v) is 8.32. The predicted octanol–water partition coefficient (Wildman–Crippen LogP) is 1.31. The minimum Gasteiger partial charge on any atom is -0.336 e. The van der Waals surface area contributed by atoms with Crippen LogP contribution in [-0.4, -0.2) is 23.6 Å². The summed E-state index contributed by atoms with van der Waals surface area (Å²) in [7, 11) is 0. The van der Waals surface area contributed by atoms with E-state index in [1.165, 1.54) is 0 Å². The molecule has 1 aromatic rings. The molecule has 2 heterocycles. The van der Waals surface area contributed by atoms with Crippen molar-refractivity contribution in [3.8, 4) is 0 Å². The van der Waals surface area contributed by atoms with Crippen LogP contribution >= 0.6 is 0 Å². The number of carbonyl (C=O) groups excluding carboxylic acids is 1. The normalized spacial score (nSPS) is 21.1. The maximum absolute atomic E-state index is 11.5. The lowest BCUT2D eigenvalue weighted by atomic mass is 10.3. The molecule has 1 aromatic heterocycles. The first-order chi connectivity index (χ1) is 6.68. The Hall–Kier alpha value is -1.58. The number of anilines is 1. The topological polar surface area (TPSA) is 45.2 Å². The van der Waals surface area contributed by atoms with E-state index in [2.05, 4.69) is 10.3 Å². The highest BCUT2D eigenvalue weighted by Crippen LogP contribution is 2.18. The highest BCUT2D eigenvalue weighted by molar-refractivity contribution is 5.94. The highest BCUT2D eigenvalue weighted by Gasteiger charge is 2.28. The van der Waals surface area contributed by atoms with Crippen molar-refractivity contribution in [2.75, 3.05) is 11.4 Å². The molecule has 0 bridgehead atoms. The molecule has 0 aromatic carbocycles. The lowest BCUT2D eigenvalue weighted by Crippen LogP contribution is -2.32. The van der Waals surface area contributed by atoms with Gasteiger partial charge in [0.2, 0.25) is 0 Å². The van der Waals surface area contributed by atoms with Crippen LogP contribution in [0.2, 0.25) is 0 Å². The minimum absolute atomic E-state index is 0.0387. The Balaban J connectivity index is 2.30. The summed E-state index contributed by atoms with van der Waals surface area (Å²) in [5.74, 6) is 0. The third kappa shape index (κ3) is 1.43. The third-order valence-electron chi connectivity index (χ3n) is 2.38. The van der Waals surface area contributed by atoms with Gasteiger partial charge in [0, 0.05) is 12.2 Å². The number of aryl methyl sites for hydroxylation is 1. The molecule has 2 amide bonds. The summed E-state index contributed by atoms with van der Waals surface area (Å²) < 4.78 is 0. The fraction of sp³-hybridized carbons (Fsp3) is 0.400. The van der Waals surface area contributed by atoms with Crippen molar-refractivity contribution in [2.24, 2.45) is 0 Å². The van der Waals surface area contributed by atoms with Crippen molar-refractivity contribution in [3.63, 3.8) is 0 Å². The molecule has 1 saturated heterocycles. The van der Waals surface area contributed by atoms with Crippen LogP contribution in [0, 0.1) is 6.92 Å². The molecule has 4 heteroatoms. The van der Waals surface area contributed by atoms with Crippen molar-refractivity contribution in [1.82, 2.24) is 10.3 Å². The number of pyridine rings is 1. The van der Waals surface area contributed by atoms with Crippen LogP contribution < -0.4 is 10.2 Å². The molecule has 1 atom stereocenters. The second-order valence-electron chi connectivity index (χ2n) is 3.56. The highest BCUT2D eigenvalue weighted by atomic mass is 16.2. The van der Waals surface area contributed by atoms with E-state index in [0.29, 0.717) is 6.54 Å². The first kappa shape index (κ1) is 8.99. The van der Waals surface area contributed by atoms with E-state index in [1.54, 1.807) is 11.1 Å². The van der Waals surface area contributed by atoms with Crippen LogP contribution in [0.15, 0.2) is 18.3 Å². The average molecular weight is 191 g/mol. The van der Waals surface area contributed by atoms with Gasteiger partial charge in [-0.15, -0.1) is 0 Å². The standard InChI is InChI=1S/C10H13N3O/c1-7-3-4-9(6-11-7)13-8(2)5-12-10(13)14/h3-4,6,8H,5H2,1-2H3,(H,12,14)/t8-/m1/s1. The van der Waals surface area contributed by atoms with Crippen molar-refractivity contribution in [1.29, 1.82) is 0 Å². The van der Waals surface area contributed by atoms with Crippen LogP contribution in [0.5, 0.6) is 0 Å². The van der Waals surface area contributed by atoms with Gasteiger partial charge in [-0.1, -0.05) is 0 Å². The van der Waals surface area contributed by atoms with E-state index in [9.17, 15) is 4.79 Å². The fourth-order valence-corrected chi connectivity index (χ4v) is 1.59. The first-order valence-corrected chi connectivity index (χ1v) is 4.68. The zero-order chi connectivity index (χ0) is 10.1. The molecule has 14 heavy (non-hydrogen) atoms. The third-order valence-corrected chi connectivity index (χ3v) is 2.38. The largest absolute Gasteiger partial charge is 0.336 e. The summed E-state index contributed by atoms with van der Waals surface area (Å²) >= 11 is 0. The smallest absolute Gasteiger partial charge is 0.322 e. The van der Waals surface area contributed by atoms with Crippen molar-refractivity contribution in [2.45, 2.75) is 19.9 Å². The maximum Gasteiger partial charge on any atom is 0.322 e. The summed E-state index contributed by atoms with van der Waals surface area (Å²) in [5, 5.41) is 2.79. The number of nitrogens with one attached hydrogen (secondary N) is 1. The van der Waals surface area contributed by atoms with Crippen LogP contribution in [0.4, 0.5) is 10.5 Å². The van der Waals surface area contributed by atoms with Gasteiger partial charge in [0.05, 0.1) is 17.9 Å². The van der Waals surface area contributed by atoms with Gasteiger partial charge in [-0.05, 0) is 26.0 Å². The Morgan fingerprint density at radius 2 is 2.36 bits per heavy atom. The molecule has 2 rings (SSSR count). The number of nitrogens with zero attached hydrogens (tertiary/aromatic N) is 2. The molecule has 74 valence electrons. The second-order valence-corrected chi connectivity index (χ2v) is 3.56. The molecule has 0 aliphatic carbocycles. The van der Waals surface area contributed by atoms with E-state index in [4.69, 9.17) is 0 Å². The van der Waals surface area contributed by atoms with Crippen molar-refractivity contribution >= 4 is 11.7 Å². The van der Waals surface area contributed by atoms with Gasteiger partial charge in [0.25, 0.3) is 0 Å². The summed E-state index contributed by atoms with van der Waals surface area (Å²) in [6.07, 6.45) is 1.73. The Morgan fingerprint density at radius 3 is 2.86 bits per heavy atom. The van der Waals surface area contributed by atoms with Gasteiger partial charge >= 0.3 is 6.03 Å². The van der Waals surface area contributed by atoms with Crippen LogP contribution in [-0.2, 0) is 0 Å². The number of rotatable bonds is 1. The molecule has 0 saturated carbocycles. The van der Waals surface area contributed by atoms with Crippen molar-refractivity contribution < 1.29 is 4.79 Å². The van der Waals surface area contributed by atoms with Gasteiger partial charge in [-0.3, -0.25) is 9.88 Å². The number of carbonyl (C=O) groups is 1. The summed E-state index contributed by atoms with van der Waals surface area (Å²) in [4.78, 5) is 17.4. The molecule has 1 N–H and O–H groups in total. The maximum atomic E-state index is 11.5. The van der Waals surface area contributed by atoms with Gasteiger partial charge in [0.15, 0.2) is 0 Å². The van der Waals surface area contributed by atoms with E-state index in [-0.39, 0.29) is 12.1 Å². The number of hydrogen-bond donors (Lipinski definition) is 1.